The summed E-state index contributed by atoms with van der Waals surface area (Å²) in [6, 6.07) is 12.6. The summed E-state index contributed by atoms with van der Waals surface area (Å²) in [5.41, 5.74) is 3.26. The Kier molecular flexibility index (Phi) is 4.56. The third-order valence-electron chi connectivity index (χ3n) is 4.62. The number of hydrogen-bond acceptors (Lipinski definition) is 6. The molecule has 3 heterocycles. The first-order valence-corrected chi connectivity index (χ1v) is 8.75. The minimum Gasteiger partial charge on any atom is -0.376 e. The maximum Gasteiger partial charge on any atom is 0.200 e. The minimum absolute atomic E-state index is 0.268. The summed E-state index contributed by atoms with van der Waals surface area (Å²) < 4.78 is 7.30. The van der Waals surface area contributed by atoms with Crippen LogP contribution in [0.5, 0.6) is 0 Å². The predicted octanol–water partition coefficient (Wildman–Crippen LogP) is 2.06. The van der Waals surface area contributed by atoms with Crippen LogP contribution in [0.1, 0.15) is 24.0 Å². The van der Waals surface area contributed by atoms with Crippen molar-refractivity contribution >= 4 is 11.5 Å². The van der Waals surface area contributed by atoms with Gasteiger partial charge in [-0.15, -0.1) is 14.8 Å². The van der Waals surface area contributed by atoms with E-state index < -0.39 is 0 Å². The zero-order valence-electron chi connectivity index (χ0n) is 14.4. The zero-order valence-corrected chi connectivity index (χ0v) is 14.4. The van der Waals surface area contributed by atoms with Crippen molar-refractivity contribution < 1.29 is 4.74 Å². The maximum absolute atomic E-state index is 5.83. The van der Waals surface area contributed by atoms with Gasteiger partial charge in [-0.2, -0.15) is 0 Å². The largest absolute Gasteiger partial charge is 0.376 e. The molecule has 1 atom stereocenters. The highest BCUT2D eigenvalue weighted by atomic mass is 16.5. The molecule has 0 aliphatic carbocycles. The lowest BCUT2D eigenvalue weighted by molar-refractivity contribution is 0.115. The predicted molar refractivity (Wildman–Crippen MR) is 94.6 cm³/mol. The molecule has 0 N–H and O–H groups in total. The van der Waals surface area contributed by atoms with Crippen molar-refractivity contribution in [2.24, 2.45) is 0 Å². The molecule has 4 rings (SSSR count). The topological polar surface area (TPSA) is 68.4 Å². The number of hydrogen-bond donors (Lipinski definition) is 0. The number of benzene rings is 1. The van der Waals surface area contributed by atoms with Gasteiger partial charge in [0.2, 0.25) is 0 Å². The van der Waals surface area contributed by atoms with E-state index in [1.54, 1.807) is 0 Å². The molecule has 0 amide bonds. The third kappa shape index (κ3) is 3.76. The lowest BCUT2D eigenvalue weighted by atomic mass is 10.1. The fourth-order valence-corrected chi connectivity index (χ4v) is 3.16. The first-order valence-electron chi connectivity index (χ1n) is 8.75. The molecular formula is C18H22N6O. The van der Waals surface area contributed by atoms with Crippen LogP contribution in [-0.2, 0) is 11.2 Å². The van der Waals surface area contributed by atoms with E-state index in [-0.39, 0.29) is 6.10 Å². The number of rotatable bonds is 6. The first kappa shape index (κ1) is 16.0. The van der Waals surface area contributed by atoms with Crippen LogP contribution < -0.4 is 4.90 Å². The first-order chi connectivity index (χ1) is 12.3. The molecule has 130 valence electrons. The van der Waals surface area contributed by atoms with E-state index in [9.17, 15) is 0 Å². The lowest BCUT2D eigenvalue weighted by Gasteiger charge is -2.26. The van der Waals surface area contributed by atoms with Gasteiger partial charge >= 0.3 is 0 Å². The van der Waals surface area contributed by atoms with Gasteiger partial charge in [-0.25, -0.2) is 0 Å². The molecular weight excluding hydrogens is 316 g/mol. The van der Waals surface area contributed by atoms with Gasteiger partial charge < -0.3 is 9.64 Å². The molecule has 1 saturated heterocycles. The fraction of sp³-hybridized carbons (Fsp3) is 0.444. The standard InChI is InChI=1S/C18H22N6O/c1-14-4-6-15(7-5-14)10-11-23(13-16-3-2-12-25-16)18-9-8-17-19-21-22-24(17)20-18/h4-9,16H,2-3,10-13H2,1H3. The molecule has 0 spiro atoms. The molecule has 1 aliphatic heterocycles. The normalized spacial score (nSPS) is 17.2. The summed E-state index contributed by atoms with van der Waals surface area (Å²) in [7, 11) is 0. The molecule has 0 saturated carbocycles. The van der Waals surface area contributed by atoms with Gasteiger partial charge in [-0.1, -0.05) is 29.8 Å². The molecule has 0 radical (unpaired) electrons. The number of anilines is 1. The Morgan fingerprint density at radius 1 is 1.20 bits per heavy atom. The fourth-order valence-electron chi connectivity index (χ4n) is 3.16. The van der Waals surface area contributed by atoms with Crippen LogP contribution in [0.2, 0.25) is 0 Å². The Morgan fingerprint density at radius 3 is 2.88 bits per heavy atom. The van der Waals surface area contributed by atoms with E-state index in [0.717, 1.165) is 44.8 Å². The van der Waals surface area contributed by atoms with E-state index >= 15 is 0 Å². The molecule has 1 unspecified atom stereocenters. The molecule has 1 aliphatic rings. The number of nitrogens with zero attached hydrogens (tertiary/aromatic N) is 6. The van der Waals surface area contributed by atoms with Crippen LogP contribution >= 0.6 is 0 Å². The second-order valence-electron chi connectivity index (χ2n) is 6.53. The van der Waals surface area contributed by atoms with Crippen LogP contribution in [0.15, 0.2) is 36.4 Å². The highest BCUT2D eigenvalue weighted by Gasteiger charge is 2.20. The van der Waals surface area contributed by atoms with Crippen LogP contribution in [-0.4, -0.2) is 51.1 Å². The van der Waals surface area contributed by atoms with E-state index in [4.69, 9.17) is 4.74 Å². The van der Waals surface area contributed by atoms with E-state index in [0.29, 0.717) is 5.65 Å². The van der Waals surface area contributed by atoms with Crippen molar-refractivity contribution in [2.45, 2.75) is 32.3 Å². The number of aryl methyl sites for hydroxylation is 1. The van der Waals surface area contributed by atoms with Crippen molar-refractivity contribution in [2.75, 3.05) is 24.6 Å². The average Bonchev–Trinajstić information content (AvgIpc) is 3.30. The summed E-state index contributed by atoms with van der Waals surface area (Å²) >= 11 is 0. The number of ether oxygens (including phenoxy) is 1. The highest BCUT2D eigenvalue weighted by molar-refractivity contribution is 5.44. The van der Waals surface area contributed by atoms with Crippen molar-refractivity contribution in [3.8, 4) is 0 Å². The molecule has 7 heteroatoms. The number of tetrazole rings is 1. The lowest BCUT2D eigenvalue weighted by Crippen LogP contribution is -2.34. The van der Waals surface area contributed by atoms with Crippen LogP contribution in [0.3, 0.4) is 0 Å². The van der Waals surface area contributed by atoms with E-state index in [2.05, 4.69) is 56.7 Å². The van der Waals surface area contributed by atoms with Gasteiger partial charge in [-0.05, 0) is 54.3 Å². The Hall–Kier alpha value is -2.54. The second kappa shape index (κ2) is 7.14. The van der Waals surface area contributed by atoms with Gasteiger partial charge in [0.1, 0.15) is 0 Å². The Labute approximate surface area is 146 Å². The smallest absolute Gasteiger partial charge is 0.200 e. The molecule has 1 fully saturated rings. The van der Waals surface area contributed by atoms with Gasteiger partial charge in [0.05, 0.1) is 6.10 Å². The van der Waals surface area contributed by atoms with Crippen LogP contribution in [0.25, 0.3) is 5.65 Å². The molecule has 0 bridgehead atoms. The second-order valence-corrected chi connectivity index (χ2v) is 6.53. The van der Waals surface area contributed by atoms with Crippen molar-refractivity contribution in [3.63, 3.8) is 0 Å². The highest BCUT2D eigenvalue weighted by Crippen LogP contribution is 2.18. The van der Waals surface area contributed by atoms with Crippen LogP contribution in [0.4, 0.5) is 5.82 Å². The molecule has 25 heavy (non-hydrogen) atoms. The summed E-state index contributed by atoms with van der Waals surface area (Å²) in [6.07, 6.45) is 3.47. The molecule has 7 nitrogen and oxygen atoms in total. The summed E-state index contributed by atoms with van der Waals surface area (Å²) in [4.78, 5) is 2.27. The number of fused-ring (bicyclic) bond motifs is 1. The molecule has 1 aromatic carbocycles. The van der Waals surface area contributed by atoms with Gasteiger partial charge in [0.25, 0.3) is 0 Å². The number of aromatic nitrogens is 5. The van der Waals surface area contributed by atoms with Gasteiger partial charge in [0.15, 0.2) is 11.5 Å². The van der Waals surface area contributed by atoms with Crippen molar-refractivity contribution in [1.82, 2.24) is 25.3 Å². The van der Waals surface area contributed by atoms with Gasteiger partial charge in [0, 0.05) is 19.7 Å². The summed E-state index contributed by atoms with van der Waals surface area (Å²) in [5.74, 6) is 0.877. The Balaban J connectivity index is 1.53. The summed E-state index contributed by atoms with van der Waals surface area (Å²) in [5, 5.41) is 16.0. The van der Waals surface area contributed by atoms with Crippen molar-refractivity contribution in [3.05, 3.63) is 47.5 Å². The van der Waals surface area contributed by atoms with E-state index in [1.807, 2.05) is 12.1 Å². The Bertz CT molecular complexity index is 825. The monoisotopic (exact) mass is 338 g/mol. The van der Waals surface area contributed by atoms with Gasteiger partial charge in [-0.3, -0.25) is 0 Å². The zero-order chi connectivity index (χ0) is 17.1. The SMILES string of the molecule is Cc1ccc(CCN(CC2CCCO2)c2ccc3nnnn3n2)cc1. The minimum atomic E-state index is 0.268. The summed E-state index contributed by atoms with van der Waals surface area (Å²) in [6.45, 7) is 4.69. The molecule has 3 aromatic rings. The maximum atomic E-state index is 5.83. The third-order valence-corrected chi connectivity index (χ3v) is 4.62. The van der Waals surface area contributed by atoms with E-state index in [1.165, 1.54) is 15.8 Å². The molecule has 2 aromatic heterocycles. The van der Waals surface area contributed by atoms with Crippen molar-refractivity contribution in [1.29, 1.82) is 0 Å². The Morgan fingerprint density at radius 2 is 2.08 bits per heavy atom. The average molecular weight is 338 g/mol. The quantitative estimate of drug-likeness (QED) is 0.685. The van der Waals surface area contributed by atoms with Crippen LogP contribution in [0, 0.1) is 6.92 Å².